The molecule has 9 heavy (non-hydrogen) atoms. The lowest BCUT2D eigenvalue weighted by molar-refractivity contribution is 0.0437. The van der Waals surface area contributed by atoms with E-state index in [1.165, 1.54) is 0 Å². The van der Waals surface area contributed by atoms with Gasteiger partial charge in [-0.05, 0) is 26.7 Å². The lowest BCUT2D eigenvalue weighted by atomic mass is 9.98. The Morgan fingerprint density at radius 3 is 2.44 bits per heavy atom. The summed E-state index contributed by atoms with van der Waals surface area (Å²) in [7, 11) is 0. The van der Waals surface area contributed by atoms with Crippen molar-refractivity contribution in [3.63, 3.8) is 0 Å². The molecule has 1 saturated heterocycles. The molecule has 1 aliphatic rings. The molecule has 0 bridgehead atoms. The van der Waals surface area contributed by atoms with E-state index in [9.17, 15) is 5.11 Å². The highest BCUT2D eigenvalue weighted by molar-refractivity contribution is 4.87. The maximum Gasteiger partial charge on any atom is 0.0760 e. The molecule has 53 valence electrons. The highest BCUT2D eigenvalue weighted by Gasteiger charge is 2.29. The van der Waals surface area contributed by atoms with Crippen molar-refractivity contribution in [1.29, 1.82) is 0 Å². The monoisotopic (exact) mass is 128 g/mol. The van der Waals surface area contributed by atoms with E-state index in [1.54, 1.807) is 0 Å². The van der Waals surface area contributed by atoms with Gasteiger partial charge in [0.05, 0.1) is 11.6 Å². The molecule has 0 aliphatic carbocycles. The van der Waals surface area contributed by atoms with Crippen molar-refractivity contribution in [2.24, 2.45) is 0 Å². The summed E-state index contributed by atoms with van der Waals surface area (Å²) < 4.78 is 0. The molecule has 0 aromatic rings. The number of aliphatic hydroxyl groups is 1. The van der Waals surface area contributed by atoms with E-state index in [-0.39, 0.29) is 6.04 Å². The molecule has 0 amide bonds. The lowest BCUT2D eigenvalue weighted by Gasteiger charge is -2.23. The summed E-state index contributed by atoms with van der Waals surface area (Å²) in [5.41, 5.74) is -0.587. The molecule has 1 aliphatic heterocycles. The Bertz CT molecular complexity index is 89.6. The van der Waals surface area contributed by atoms with Gasteiger partial charge in [-0.3, -0.25) is 0 Å². The van der Waals surface area contributed by atoms with Crippen molar-refractivity contribution >= 4 is 0 Å². The van der Waals surface area contributed by atoms with Crippen LogP contribution in [0.5, 0.6) is 0 Å². The third kappa shape index (κ3) is 1.66. The van der Waals surface area contributed by atoms with Gasteiger partial charge in [-0.1, -0.05) is 0 Å². The Morgan fingerprint density at radius 1 is 1.56 bits per heavy atom. The molecule has 0 saturated carbocycles. The van der Waals surface area contributed by atoms with Crippen LogP contribution in [0, 0.1) is 0 Å². The summed E-state index contributed by atoms with van der Waals surface area (Å²) in [6.45, 7) is 4.59. The lowest BCUT2D eigenvalue weighted by Crippen LogP contribution is -2.39. The molecular formula is C7H14NO. The summed E-state index contributed by atoms with van der Waals surface area (Å²) >= 11 is 0. The second kappa shape index (κ2) is 2.27. The van der Waals surface area contributed by atoms with Crippen molar-refractivity contribution in [2.45, 2.75) is 38.3 Å². The van der Waals surface area contributed by atoms with Gasteiger partial charge in [0.1, 0.15) is 0 Å². The second-order valence-electron chi connectivity index (χ2n) is 3.22. The van der Waals surface area contributed by atoms with Crippen LogP contribution in [0.15, 0.2) is 0 Å². The standard InChI is InChI=1S/C7H14NO/c1-7(2,9)6-4-3-5-8-6/h6,9H,3-5H2,1-2H3. The third-order valence-electron chi connectivity index (χ3n) is 1.80. The highest BCUT2D eigenvalue weighted by Crippen LogP contribution is 2.18. The molecule has 0 aromatic carbocycles. The van der Waals surface area contributed by atoms with Crippen LogP contribution in [-0.2, 0) is 0 Å². The van der Waals surface area contributed by atoms with E-state index >= 15 is 0 Å². The fourth-order valence-corrected chi connectivity index (χ4v) is 1.20. The Balaban J connectivity index is 2.42. The van der Waals surface area contributed by atoms with Gasteiger partial charge >= 0.3 is 0 Å². The molecule has 0 spiro atoms. The van der Waals surface area contributed by atoms with Crippen molar-refractivity contribution < 1.29 is 5.11 Å². The molecule has 1 rings (SSSR count). The summed E-state index contributed by atoms with van der Waals surface area (Å²) in [5, 5.41) is 13.7. The van der Waals surface area contributed by atoms with E-state index in [0.717, 1.165) is 19.4 Å². The summed E-state index contributed by atoms with van der Waals surface area (Å²) in [5.74, 6) is 0. The topological polar surface area (TPSA) is 34.3 Å². The molecule has 1 heterocycles. The van der Waals surface area contributed by atoms with E-state index < -0.39 is 5.60 Å². The van der Waals surface area contributed by atoms with Gasteiger partial charge in [0, 0.05) is 6.54 Å². The van der Waals surface area contributed by atoms with Gasteiger partial charge < -0.3 is 5.11 Å². The van der Waals surface area contributed by atoms with Gasteiger partial charge in [-0.25, -0.2) is 5.32 Å². The number of hydrogen-bond donors (Lipinski definition) is 1. The minimum atomic E-state index is -0.587. The maximum atomic E-state index is 9.42. The van der Waals surface area contributed by atoms with E-state index in [1.807, 2.05) is 13.8 Å². The first kappa shape index (κ1) is 7.03. The molecule has 1 fully saturated rings. The quantitative estimate of drug-likeness (QED) is 0.549. The summed E-state index contributed by atoms with van der Waals surface area (Å²) in [4.78, 5) is 0. The van der Waals surface area contributed by atoms with Crippen LogP contribution in [0.25, 0.3) is 0 Å². The molecule has 1 N–H and O–H groups in total. The first-order valence-corrected chi connectivity index (χ1v) is 3.49. The van der Waals surface area contributed by atoms with Crippen molar-refractivity contribution in [1.82, 2.24) is 5.32 Å². The Morgan fingerprint density at radius 2 is 2.22 bits per heavy atom. The molecule has 2 nitrogen and oxygen atoms in total. The van der Waals surface area contributed by atoms with Gasteiger partial charge in [0.15, 0.2) is 0 Å². The number of rotatable bonds is 1. The summed E-state index contributed by atoms with van der Waals surface area (Å²) in [6, 6.07) is 0.192. The van der Waals surface area contributed by atoms with E-state index in [0.29, 0.717) is 0 Å². The first-order chi connectivity index (χ1) is 4.11. The van der Waals surface area contributed by atoms with E-state index in [2.05, 4.69) is 5.32 Å². The van der Waals surface area contributed by atoms with Crippen molar-refractivity contribution in [3.05, 3.63) is 0 Å². The fourth-order valence-electron chi connectivity index (χ4n) is 1.20. The van der Waals surface area contributed by atoms with Crippen molar-refractivity contribution in [2.75, 3.05) is 6.54 Å². The predicted molar refractivity (Wildman–Crippen MR) is 36.3 cm³/mol. The van der Waals surface area contributed by atoms with Crippen LogP contribution in [-0.4, -0.2) is 23.3 Å². The van der Waals surface area contributed by atoms with Crippen molar-refractivity contribution in [3.8, 4) is 0 Å². The highest BCUT2D eigenvalue weighted by atomic mass is 16.3. The van der Waals surface area contributed by atoms with Crippen LogP contribution in [0.1, 0.15) is 26.7 Å². The minimum absolute atomic E-state index is 0.192. The molecular weight excluding hydrogens is 114 g/mol. The number of nitrogens with zero attached hydrogens (tertiary/aromatic N) is 1. The Hall–Kier alpha value is -0.0800. The maximum absolute atomic E-state index is 9.42. The summed E-state index contributed by atoms with van der Waals surface area (Å²) in [6.07, 6.45) is 2.21. The molecule has 2 heteroatoms. The molecule has 1 unspecified atom stereocenters. The molecule has 0 aromatic heterocycles. The zero-order valence-electron chi connectivity index (χ0n) is 6.09. The fraction of sp³-hybridized carbons (Fsp3) is 1.00. The first-order valence-electron chi connectivity index (χ1n) is 3.49. The molecule has 1 radical (unpaired) electrons. The smallest absolute Gasteiger partial charge is 0.0760 e. The van der Waals surface area contributed by atoms with Crippen LogP contribution in [0.4, 0.5) is 0 Å². The van der Waals surface area contributed by atoms with Crippen LogP contribution >= 0.6 is 0 Å². The number of hydrogen-bond acceptors (Lipinski definition) is 1. The van der Waals surface area contributed by atoms with E-state index in [4.69, 9.17) is 0 Å². The van der Waals surface area contributed by atoms with Gasteiger partial charge in [0.25, 0.3) is 0 Å². The Kier molecular flexibility index (Phi) is 1.78. The third-order valence-corrected chi connectivity index (χ3v) is 1.80. The predicted octanol–water partition coefficient (Wildman–Crippen LogP) is 0.524. The Labute approximate surface area is 56.3 Å². The average Bonchev–Trinajstić information content (AvgIpc) is 2.08. The van der Waals surface area contributed by atoms with Crippen LogP contribution in [0.2, 0.25) is 0 Å². The zero-order valence-corrected chi connectivity index (χ0v) is 6.09. The normalized spacial score (nSPS) is 29.0. The SMILES string of the molecule is CC(C)(O)C1CCC[N]1. The van der Waals surface area contributed by atoms with Crippen LogP contribution < -0.4 is 5.32 Å². The largest absolute Gasteiger partial charge is 0.389 e. The minimum Gasteiger partial charge on any atom is -0.389 e. The van der Waals surface area contributed by atoms with Gasteiger partial charge in [0.2, 0.25) is 0 Å². The van der Waals surface area contributed by atoms with Crippen LogP contribution in [0.3, 0.4) is 0 Å². The van der Waals surface area contributed by atoms with Gasteiger partial charge in [-0.2, -0.15) is 0 Å². The zero-order chi connectivity index (χ0) is 6.91. The second-order valence-corrected chi connectivity index (χ2v) is 3.22. The molecule has 1 atom stereocenters. The average molecular weight is 128 g/mol. The van der Waals surface area contributed by atoms with Gasteiger partial charge in [-0.15, -0.1) is 0 Å².